The zero-order valence-electron chi connectivity index (χ0n) is 10.7. The largest absolute Gasteiger partial charge is 0.377 e. The van der Waals surface area contributed by atoms with Crippen LogP contribution in [0.1, 0.15) is 40.5 Å². The summed E-state index contributed by atoms with van der Waals surface area (Å²) in [5.74, 6) is 0.884. The molecule has 0 aromatic heterocycles. The third-order valence-electron chi connectivity index (χ3n) is 2.90. The van der Waals surface area contributed by atoms with Gasteiger partial charge in [0, 0.05) is 19.1 Å². The maximum absolute atomic E-state index is 3.54. The van der Waals surface area contributed by atoms with Crippen LogP contribution in [0.4, 0.5) is 0 Å². The average molecular weight is 210 g/mol. The van der Waals surface area contributed by atoms with Crippen LogP contribution in [0.3, 0.4) is 0 Å². The van der Waals surface area contributed by atoms with Gasteiger partial charge in [0.2, 0.25) is 0 Å². The van der Waals surface area contributed by atoms with Gasteiger partial charge in [0.05, 0.1) is 0 Å². The molecule has 0 aromatic rings. The van der Waals surface area contributed by atoms with Gasteiger partial charge in [-0.1, -0.05) is 19.4 Å². The minimum Gasteiger partial charge on any atom is -0.377 e. The molecule has 0 saturated carbocycles. The van der Waals surface area contributed by atoms with Crippen molar-refractivity contribution in [2.75, 3.05) is 19.6 Å². The zero-order chi connectivity index (χ0) is 11.3. The Labute approximate surface area is 94.7 Å². The van der Waals surface area contributed by atoms with E-state index in [-0.39, 0.29) is 0 Å². The lowest BCUT2D eigenvalue weighted by molar-refractivity contribution is 0.234. The molecule has 2 heteroatoms. The molecule has 0 radical (unpaired) electrons. The highest BCUT2D eigenvalue weighted by Crippen LogP contribution is 2.17. The van der Waals surface area contributed by atoms with Gasteiger partial charge in [-0.15, -0.1) is 0 Å². The Bertz CT molecular complexity index is 197. The standard InChI is InChI=1S/C13H26N2/c1-11(2)10-15-7-5-13(6-8-15)9-14-12(3)4/h10,12-14H,5-9H2,1-4H3. The minimum atomic E-state index is 0.626. The Kier molecular flexibility index (Phi) is 5.16. The molecule has 0 aliphatic carbocycles. The summed E-state index contributed by atoms with van der Waals surface area (Å²) in [7, 11) is 0. The first-order valence-electron chi connectivity index (χ1n) is 6.20. The molecule has 0 bridgehead atoms. The first-order valence-corrected chi connectivity index (χ1v) is 6.20. The Morgan fingerprint density at radius 2 is 1.93 bits per heavy atom. The van der Waals surface area contributed by atoms with Crippen LogP contribution >= 0.6 is 0 Å². The molecule has 1 aliphatic heterocycles. The van der Waals surface area contributed by atoms with Crippen LogP contribution in [0, 0.1) is 5.92 Å². The van der Waals surface area contributed by atoms with Crippen LogP contribution in [0.2, 0.25) is 0 Å². The molecular weight excluding hydrogens is 184 g/mol. The quantitative estimate of drug-likeness (QED) is 0.767. The molecule has 1 saturated heterocycles. The fourth-order valence-electron chi connectivity index (χ4n) is 2.05. The molecule has 1 rings (SSSR count). The fourth-order valence-corrected chi connectivity index (χ4v) is 2.05. The van der Waals surface area contributed by atoms with E-state index in [1.54, 1.807) is 0 Å². The molecule has 2 nitrogen and oxygen atoms in total. The molecule has 0 aromatic carbocycles. The van der Waals surface area contributed by atoms with Crippen molar-refractivity contribution < 1.29 is 0 Å². The van der Waals surface area contributed by atoms with E-state index in [0.29, 0.717) is 6.04 Å². The number of hydrogen-bond acceptors (Lipinski definition) is 2. The minimum absolute atomic E-state index is 0.626. The summed E-state index contributed by atoms with van der Waals surface area (Å²) in [6, 6.07) is 0.626. The van der Waals surface area contributed by atoms with E-state index in [4.69, 9.17) is 0 Å². The van der Waals surface area contributed by atoms with Gasteiger partial charge in [-0.05, 0) is 45.4 Å². The van der Waals surface area contributed by atoms with Crippen molar-refractivity contribution >= 4 is 0 Å². The monoisotopic (exact) mass is 210 g/mol. The summed E-state index contributed by atoms with van der Waals surface area (Å²) in [5, 5.41) is 3.54. The van der Waals surface area contributed by atoms with Crippen LogP contribution in [0.25, 0.3) is 0 Å². The Morgan fingerprint density at radius 3 is 2.40 bits per heavy atom. The molecule has 0 atom stereocenters. The van der Waals surface area contributed by atoms with Crippen LogP contribution in [0.5, 0.6) is 0 Å². The summed E-state index contributed by atoms with van der Waals surface area (Å²) in [4.78, 5) is 2.46. The smallest absolute Gasteiger partial charge is 0.0175 e. The number of likely N-dealkylation sites (tertiary alicyclic amines) is 1. The third kappa shape index (κ3) is 5.22. The SMILES string of the molecule is CC(C)=CN1CCC(CNC(C)C)CC1. The number of allylic oxidation sites excluding steroid dienone is 1. The number of rotatable bonds is 4. The first-order chi connectivity index (χ1) is 7.08. The lowest BCUT2D eigenvalue weighted by atomic mass is 9.96. The van der Waals surface area contributed by atoms with Crippen molar-refractivity contribution in [1.29, 1.82) is 0 Å². The molecule has 1 aliphatic rings. The number of nitrogens with zero attached hydrogens (tertiary/aromatic N) is 1. The second-order valence-corrected chi connectivity index (χ2v) is 5.25. The lowest BCUT2D eigenvalue weighted by Crippen LogP contribution is -2.36. The Hall–Kier alpha value is -0.500. The van der Waals surface area contributed by atoms with E-state index in [9.17, 15) is 0 Å². The van der Waals surface area contributed by atoms with Gasteiger partial charge in [0.1, 0.15) is 0 Å². The number of hydrogen-bond donors (Lipinski definition) is 1. The van der Waals surface area contributed by atoms with Crippen molar-refractivity contribution in [3.63, 3.8) is 0 Å². The summed E-state index contributed by atoms with van der Waals surface area (Å²) in [5.41, 5.74) is 1.41. The van der Waals surface area contributed by atoms with E-state index < -0.39 is 0 Å². The van der Waals surface area contributed by atoms with E-state index in [1.165, 1.54) is 38.0 Å². The van der Waals surface area contributed by atoms with E-state index in [0.717, 1.165) is 5.92 Å². The lowest BCUT2D eigenvalue weighted by Gasteiger charge is -2.32. The number of nitrogens with one attached hydrogen (secondary N) is 1. The highest BCUT2D eigenvalue weighted by Gasteiger charge is 2.16. The Balaban J connectivity index is 2.21. The third-order valence-corrected chi connectivity index (χ3v) is 2.90. The van der Waals surface area contributed by atoms with Gasteiger partial charge in [0.15, 0.2) is 0 Å². The van der Waals surface area contributed by atoms with Gasteiger partial charge >= 0.3 is 0 Å². The van der Waals surface area contributed by atoms with Crippen molar-refractivity contribution in [1.82, 2.24) is 10.2 Å². The normalized spacial score (nSPS) is 18.3. The van der Waals surface area contributed by atoms with Crippen LogP contribution < -0.4 is 5.32 Å². The van der Waals surface area contributed by atoms with Crippen LogP contribution in [0.15, 0.2) is 11.8 Å². The van der Waals surface area contributed by atoms with E-state index in [2.05, 4.69) is 44.1 Å². The molecule has 0 unspecified atom stereocenters. The summed E-state index contributed by atoms with van der Waals surface area (Å²) >= 11 is 0. The molecule has 1 N–H and O–H groups in total. The summed E-state index contributed by atoms with van der Waals surface area (Å²) < 4.78 is 0. The average Bonchev–Trinajstić information content (AvgIpc) is 2.16. The van der Waals surface area contributed by atoms with Crippen molar-refractivity contribution in [2.45, 2.75) is 46.6 Å². The number of piperidine rings is 1. The predicted octanol–water partition coefficient (Wildman–Crippen LogP) is 2.62. The second kappa shape index (κ2) is 6.16. The highest BCUT2D eigenvalue weighted by atomic mass is 15.1. The maximum Gasteiger partial charge on any atom is 0.0175 e. The molecule has 15 heavy (non-hydrogen) atoms. The molecule has 0 amide bonds. The van der Waals surface area contributed by atoms with Crippen molar-refractivity contribution in [3.05, 3.63) is 11.8 Å². The second-order valence-electron chi connectivity index (χ2n) is 5.25. The van der Waals surface area contributed by atoms with Crippen LogP contribution in [-0.4, -0.2) is 30.6 Å². The fraction of sp³-hybridized carbons (Fsp3) is 0.846. The van der Waals surface area contributed by atoms with E-state index >= 15 is 0 Å². The molecule has 88 valence electrons. The predicted molar refractivity (Wildman–Crippen MR) is 66.9 cm³/mol. The summed E-state index contributed by atoms with van der Waals surface area (Å²) in [6.07, 6.45) is 4.97. The van der Waals surface area contributed by atoms with Crippen molar-refractivity contribution in [3.8, 4) is 0 Å². The van der Waals surface area contributed by atoms with Gasteiger partial charge in [-0.3, -0.25) is 0 Å². The Morgan fingerprint density at radius 1 is 1.33 bits per heavy atom. The zero-order valence-corrected chi connectivity index (χ0v) is 10.7. The van der Waals surface area contributed by atoms with Gasteiger partial charge in [-0.2, -0.15) is 0 Å². The molecule has 1 heterocycles. The maximum atomic E-state index is 3.54. The molecule has 0 spiro atoms. The summed E-state index contributed by atoms with van der Waals surface area (Å²) in [6.45, 7) is 12.4. The van der Waals surface area contributed by atoms with E-state index in [1.807, 2.05) is 0 Å². The molecule has 1 fully saturated rings. The van der Waals surface area contributed by atoms with Crippen LogP contribution in [-0.2, 0) is 0 Å². The van der Waals surface area contributed by atoms with Gasteiger partial charge in [-0.25, -0.2) is 0 Å². The topological polar surface area (TPSA) is 15.3 Å². The first kappa shape index (κ1) is 12.6. The molecular formula is C13H26N2. The van der Waals surface area contributed by atoms with Gasteiger partial charge < -0.3 is 10.2 Å². The highest BCUT2D eigenvalue weighted by molar-refractivity contribution is 4.94. The van der Waals surface area contributed by atoms with Gasteiger partial charge in [0.25, 0.3) is 0 Å². The van der Waals surface area contributed by atoms with Crippen molar-refractivity contribution in [2.24, 2.45) is 5.92 Å².